The summed E-state index contributed by atoms with van der Waals surface area (Å²) < 4.78 is 3.59. The molecule has 0 saturated heterocycles. The molecule has 0 amide bonds. The molecule has 3 aromatic rings. The first kappa shape index (κ1) is 10.0. The summed E-state index contributed by atoms with van der Waals surface area (Å²) in [5.41, 5.74) is 6.62. The average molecular weight is 244 g/mol. The van der Waals surface area contributed by atoms with Gasteiger partial charge < -0.3 is 5.73 Å². The molecule has 0 bridgehead atoms. The highest BCUT2D eigenvalue weighted by Gasteiger charge is 2.15. The fraction of sp³-hybridized carbons (Fsp3) is 0.100. The second kappa shape index (κ2) is 3.69. The normalized spacial score (nSPS) is 10.8. The van der Waals surface area contributed by atoms with E-state index in [4.69, 9.17) is 11.0 Å². The lowest BCUT2D eigenvalue weighted by Gasteiger charge is -2.02. The second-order valence-electron chi connectivity index (χ2n) is 3.37. The Kier molecular flexibility index (Phi) is 2.18. The molecule has 7 heteroatoms. The maximum absolute atomic E-state index is 8.96. The minimum atomic E-state index is 0.311. The van der Waals surface area contributed by atoms with Gasteiger partial charge in [0.15, 0.2) is 10.8 Å². The number of aromatic nitrogens is 4. The number of hydrogen-bond donors (Lipinski definition) is 1. The van der Waals surface area contributed by atoms with Gasteiger partial charge >= 0.3 is 0 Å². The number of imidazole rings is 2. The molecule has 84 valence electrons. The third-order valence-electron chi connectivity index (χ3n) is 2.50. The van der Waals surface area contributed by atoms with Crippen molar-refractivity contribution in [3.8, 4) is 11.9 Å². The third-order valence-corrected chi connectivity index (χ3v) is 3.26. The van der Waals surface area contributed by atoms with Gasteiger partial charge in [0.25, 0.3) is 0 Å². The maximum Gasteiger partial charge on any atom is 0.218 e. The van der Waals surface area contributed by atoms with E-state index in [0.29, 0.717) is 18.2 Å². The molecule has 0 radical (unpaired) electrons. The van der Waals surface area contributed by atoms with Crippen LogP contribution in [-0.2, 0) is 6.54 Å². The highest BCUT2D eigenvalue weighted by molar-refractivity contribution is 7.15. The Balaban J connectivity index is 2.30. The average Bonchev–Trinajstić information content (AvgIpc) is 3.02. The summed E-state index contributed by atoms with van der Waals surface area (Å²) in [6.07, 6.45) is 5.21. The van der Waals surface area contributed by atoms with E-state index in [2.05, 4.69) is 9.97 Å². The largest absolute Gasteiger partial charge is 0.325 e. The van der Waals surface area contributed by atoms with Gasteiger partial charge in [0.1, 0.15) is 6.07 Å². The van der Waals surface area contributed by atoms with Crippen LogP contribution in [0.15, 0.2) is 24.0 Å². The summed E-state index contributed by atoms with van der Waals surface area (Å²) in [4.78, 5) is 9.28. The van der Waals surface area contributed by atoms with Gasteiger partial charge in [-0.05, 0) is 0 Å². The first-order valence-electron chi connectivity index (χ1n) is 4.93. The lowest BCUT2D eigenvalue weighted by molar-refractivity contribution is 0.905. The molecule has 0 aliphatic rings. The summed E-state index contributed by atoms with van der Waals surface area (Å²) in [5.74, 6) is 0.985. The topological polar surface area (TPSA) is 84.9 Å². The quantitative estimate of drug-likeness (QED) is 0.726. The molecule has 0 unspecified atom stereocenters. The van der Waals surface area contributed by atoms with Crippen LogP contribution >= 0.6 is 11.3 Å². The van der Waals surface area contributed by atoms with Gasteiger partial charge in [-0.25, -0.2) is 9.97 Å². The van der Waals surface area contributed by atoms with E-state index in [0.717, 1.165) is 10.7 Å². The van der Waals surface area contributed by atoms with Gasteiger partial charge in [-0.3, -0.25) is 8.97 Å². The number of rotatable bonds is 2. The van der Waals surface area contributed by atoms with E-state index < -0.39 is 0 Å². The first-order chi connectivity index (χ1) is 8.35. The minimum absolute atomic E-state index is 0.311. The Labute approximate surface area is 101 Å². The molecule has 3 heterocycles. The van der Waals surface area contributed by atoms with Crippen LogP contribution in [0.4, 0.5) is 0 Å². The molecular formula is C10H8N6S. The summed E-state index contributed by atoms with van der Waals surface area (Å²) >= 11 is 1.53. The fourth-order valence-electron chi connectivity index (χ4n) is 1.76. The van der Waals surface area contributed by atoms with E-state index in [9.17, 15) is 0 Å². The zero-order valence-corrected chi connectivity index (χ0v) is 9.55. The fourth-order valence-corrected chi connectivity index (χ4v) is 2.49. The van der Waals surface area contributed by atoms with Gasteiger partial charge in [0, 0.05) is 30.5 Å². The van der Waals surface area contributed by atoms with Crippen molar-refractivity contribution in [1.82, 2.24) is 18.9 Å². The van der Waals surface area contributed by atoms with Crippen molar-refractivity contribution in [3.05, 3.63) is 35.5 Å². The molecule has 0 atom stereocenters. The first-order valence-corrected chi connectivity index (χ1v) is 5.81. The molecule has 2 N–H and O–H groups in total. The summed E-state index contributed by atoms with van der Waals surface area (Å²) in [7, 11) is 0. The zero-order chi connectivity index (χ0) is 11.8. The van der Waals surface area contributed by atoms with Crippen molar-refractivity contribution in [2.45, 2.75) is 6.54 Å². The summed E-state index contributed by atoms with van der Waals surface area (Å²) in [6, 6.07) is 2.03. The lowest BCUT2D eigenvalue weighted by atomic mass is 10.4. The Bertz CT molecular complexity index is 713. The number of nitriles is 1. The van der Waals surface area contributed by atoms with E-state index in [1.165, 1.54) is 11.3 Å². The Morgan fingerprint density at radius 2 is 2.35 bits per heavy atom. The van der Waals surface area contributed by atoms with Crippen LogP contribution in [0.1, 0.15) is 11.5 Å². The number of nitrogens with two attached hydrogens (primary N) is 1. The van der Waals surface area contributed by atoms with Gasteiger partial charge in [0.2, 0.25) is 5.82 Å². The van der Waals surface area contributed by atoms with Gasteiger partial charge in [0.05, 0.1) is 5.69 Å². The Hall–Kier alpha value is -2.17. The van der Waals surface area contributed by atoms with Gasteiger partial charge in [-0.2, -0.15) is 5.26 Å². The van der Waals surface area contributed by atoms with E-state index in [1.54, 1.807) is 17.0 Å². The number of nitrogens with zero attached hydrogens (tertiary/aromatic N) is 5. The molecule has 3 aromatic heterocycles. The molecule has 0 aliphatic heterocycles. The minimum Gasteiger partial charge on any atom is -0.325 e. The molecule has 0 spiro atoms. The van der Waals surface area contributed by atoms with E-state index in [-0.39, 0.29) is 0 Å². The van der Waals surface area contributed by atoms with Crippen molar-refractivity contribution in [2.24, 2.45) is 5.73 Å². The highest BCUT2D eigenvalue weighted by Crippen LogP contribution is 2.20. The van der Waals surface area contributed by atoms with Crippen molar-refractivity contribution in [1.29, 1.82) is 5.26 Å². The standard InChI is InChI=1S/C10H8N6S/c11-5-7-9(14-10-15(7)3-4-17-10)16-2-1-13-8(16)6-12/h1-4H,5,11H2. The molecule has 17 heavy (non-hydrogen) atoms. The summed E-state index contributed by atoms with van der Waals surface area (Å²) in [6.45, 7) is 0.357. The SMILES string of the molecule is N#Cc1nccn1-c1nc2sccn2c1CN. The van der Waals surface area contributed by atoms with Crippen molar-refractivity contribution >= 4 is 16.3 Å². The molecule has 0 saturated carbocycles. The molecular weight excluding hydrogens is 236 g/mol. The number of thiazole rings is 1. The molecule has 0 aromatic carbocycles. The lowest BCUT2D eigenvalue weighted by Crippen LogP contribution is -2.06. The van der Waals surface area contributed by atoms with Crippen LogP contribution in [0.2, 0.25) is 0 Å². The summed E-state index contributed by atoms with van der Waals surface area (Å²) in [5, 5.41) is 10.9. The molecule has 0 aliphatic carbocycles. The van der Waals surface area contributed by atoms with Crippen molar-refractivity contribution in [2.75, 3.05) is 0 Å². The number of hydrogen-bond acceptors (Lipinski definition) is 5. The van der Waals surface area contributed by atoms with Crippen LogP contribution in [0.3, 0.4) is 0 Å². The van der Waals surface area contributed by atoms with Crippen LogP contribution in [0, 0.1) is 11.3 Å². The third kappa shape index (κ3) is 1.35. The molecule has 0 fully saturated rings. The Morgan fingerprint density at radius 3 is 3.12 bits per heavy atom. The highest BCUT2D eigenvalue weighted by atomic mass is 32.1. The molecule has 6 nitrogen and oxygen atoms in total. The Morgan fingerprint density at radius 1 is 1.47 bits per heavy atom. The van der Waals surface area contributed by atoms with Crippen molar-refractivity contribution < 1.29 is 0 Å². The van der Waals surface area contributed by atoms with E-state index >= 15 is 0 Å². The van der Waals surface area contributed by atoms with E-state index in [1.807, 2.05) is 22.0 Å². The van der Waals surface area contributed by atoms with Crippen LogP contribution < -0.4 is 5.73 Å². The van der Waals surface area contributed by atoms with Crippen LogP contribution in [-0.4, -0.2) is 18.9 Å². The molecule has 3 rings (SSSR count). The van der Waals surface area contributed by atoms with Crippen LogP contribution in [0.5, 0.6) is 0 Å². The van der Waals surface area contributed by atoms with Gasteiger partial charge in [-0.15, -0.1) is 11.3 Å². The van der Waals surface area contributed by atoms with Gasteiger partial charge in [-0.1, -0.05) is 0 Å². The zero-order valence-electron chi connectivity index (χ0n) is 8.74. The second-order valence-corrected chi connectivity index (χ2v) is 4.25. The van der Waals surface area contributed by atoms with Crippen LogP contribution in [0.25, 0.3) is 10.8 Å². The predicted octanol–water partition coefficient (Wildman–Crippen LogP) is 0.912. The smallest absolute Gasteiger partial charge is 0.218 e. The monoisotopic (exact) mass is 244 g/mol. The number of fused-ring (bicyclic) bond motifs is 1. The van der Waals surface area contributed by atoms with Crippen molar-refractivity contribution in [3.63, 3.8) is 0 Å². The predicted molar refractivity (Wildman–Crippen MR) is 62.8 cm³/mol. The maximum atomic E-state index is 8.96.